The maximum atomic E-state index is 13.2. The largest absolute Gasteiger partial charge is 0.305 e. The molecule has 0 aliphatic carbocycles. The summed E-state index contributed by atoms with van der Waals surface area (Å²) in [6, 6.07) is 7.81. The molecule has 0 atom stereocenters. The van der Waals surface area contributed by atoms with Crippen molar-refractivity contribution in [1.82, 2.24) is 10.9 Å². The lowest BCUT2D eigenvalue weighted by Gasteiger charge is -2.07. The number of nitrogens with zero attached hydrogens (tertiary/aromatic N) is 1. The molecule has 0 spiro atoms. The molecule has 0 bridgehead atoms. The van der Waals surface area contributed by atoms with Gasteiger partial charge in [-0.05, 0) is 29.8 Å². The van der Waals surface area contributed by atoms with Crippen LogP contribution in [0.2, 0.25) is 0 Å². The number of hydrogen-bond acceptors (Lipinski definition) is 4. The highest BCUT2D eigenvalue weighted by molar-refractivity contribution is 5.96. The van der Waals surface area contributed by atoms with Crippen molar-refractivity contribution in [1.29, 1.82) is 0 Å². The quantitative estimate of drug-likeness (QED) is 0.658. The van der Waals surface area contributed by atoms with E-state index in [0.29, 0.717) is 5.56 Å². The fourth-order valence-corrected chi connectivity index (χ4v) is 1.82. The topological polar surface area (TPSA) is 101 Å². The normalized spacial score (nSPS) is 10.1. The number of rotatable bonds is 4. The van der Waals surface area contributed by atoms with Crippen LogP contribution in [0.4, 0.5) is 14.5 Å². The van der Waals surface area contributed by atoms with Crippen LogP contribution in [-0.4, -0.2) is 16.7 Å². The van der Waals surface area contributed by atoms with E-state index in [0.717, 1.165) is 18.2 Å². The lowest BCUT2D eigenvalue weighted by molar-refractivity contribution is -0.387. The predicted molar refractivity (Wildman–Crippen MR) is 78.8 cm³/mol. The third kappa shape index (κ3) is 4.32. The van der Waals surface area contributed by atoms with E-state index in [4.69, 9.17) is 0 Å². The van der Waals surface area contributed by atoms with Crippen molar-refractivity contribution < 1.29 is 23.3 Å². The van der Waals surface area contributed by atoms with Gasteiger partial charge in [-0.15, -0.1) is 0 Å². The summed E-state index contributed by atoms with van der Waals surface area (Å²) in [5.74, 6) is -2.93. The van der Waals surface area contributed by atoms with Crippen molar-refractivity contribution in [2.24, 2.45) is 0 Å². The summed E-state index contributed by atoms with van der Waals surface area (Å²) in [6.45, 7) is 0. The van der Waals surface area contributed by atoms with Gasteiger partial charge >= 0.3 is 5.69 Å². The van der Waals surface area contributed by atoms with Gasteiger partial charge in [-0.25, -0.2) is 4.39 Å². The summed E-state index contributed by atoms with van der Waals surface area (Å²) in [5, 5.41) is 10.6. The van der Waals surface area contributed by atoms with Crippen LogP contribution >= 0.6 is 0 Å². The molecule has 0 fully saturated rings. The average Bonchev–Trinajstić information content (AvgIpc) is 2.55. The maximum Gasteiger partial charge on any atom is 0.305 e. The van der Waals surface area contributed by atoms with Gasteiger partial charge in [0, 0.05) is 11.6 Å². The van der Waals surface area contributed by atoms with E-state index < -0.39 is 34.1 Å². The molecule has 2 N–H and O–H groups in total. The van der Waals surface area contributed by atoms with E-state index >= 15 is 0 Å². The molecule has 0 aromatic heterocycles. The molecule has 9 heteroatoms. The zero-order chi connectivity index (χ0) is 17.7. The summed E-state index contributed by atoms with van der Waals surface area (Å²) < 4.78 is 26.0. The van der Waals surface area contributed by atoms with Gasteiger partial charge in [-0.2, -0.15) is 4.39 Å². The number of nitrogens with one attached hydrogen (secondary N) is 2. The first kappa shape index (κ1) is 17.0. The van der Waals surface area contributed by atoms with E-state index in [1.807, 2.05) is 0 Å². The van der Waals surface area contributed by atoms with Gasteiger partial charge < -0.3 is 0 Å². The first-order valence-corrected chi connectivity index (χ1v) is 6.64. The molecular weight excluding hydrogens is 324 g/mol. The number of hydrogen-bond donors (Lipinski definition) is 2. The van der Waals surface area contributed by atoms with Gasteiger partial charge in [0.25, 0.3) is 5.91 Å². The first-order valence-electron chi connectivity index (χ1n) is 6.64. The van der Waals surface area contributed by atoms with Crippen LogP contribution in [0.25, 0.3) is 0 Å². The number of nitro benzene ring substituents is 1. The predicted octanol–water partition coefficient (Wildman–Crippen LogP) is 1.88. The number of carbonyl (C=O) groups is 2. The number of amides is 2. The fraction of sp³-hybridized carbons (Fsp3) is 0.0667. The number of nitro groups is 1. The minimum atomic E-state index is -1.07. The molecule has 2 amide bonds. The van der Waals surface area contributed by atoms with Crippen molar-refractivity contribution in [3.63, 3.8) is 0 Å². The third-order valence-corrected chi connectivity index (χ3v) is 3.00. The molecule has 24 heavy (non-hydrogen) atoms. The van der Waals surface area contributed by atoms with Crippen LogP contribution in [0.3, 0.4) is 0 Å². The Labute approximate surface area is 134 Å². The number of hydrazine groups is 1. The number of halogens is 2. The van der Waals surface area contributed by atoms with Gasteiger partial charge in [0.2, 0.25) is 11.7 Å². The molecule has 0 heterocycles. The van der Waals surface area contributed by atoms with Crippen molar-refractivity contribution in [3.8, 4) is 0 Å². The molecule has 0 saturated carbocycles. The molecule has 2 aromatic rings. The minimum absolute atomic E-state index is 0.107. The van der Waals surface area contributed by atoms with Crippen LogP contribution in [0.1, 0.15) is 15.9 Å². The Bertz CT molecular complexity index is 794. The molecule has 0 saturated heterocycles. The average molecular weight is 335 g/mol. The Kier molecular flexibility index (Phi) is 5.15. The second-order valence-electron chi connectivity index (χ2n) is 4.73. The molecule has 0 unspecified atom stereocenters. The second kappa shape index (κ2) is 7.27. The molecule has 0 aliphatic heterocycles. The molecule has 0 aliphatic rings. The molecule has 2 rings (SSSR count). The Hall–Kier alpha value is -3.36. The fourth-order valence-electron chi connectivity index (χ4n) is 1.82. The lowest BCUT2D eigenvalue weighted by atomic mass is 10.1. The van der Waals surface area contributed by atoms with Gasteiger partial charge in [0.05, 0.1) is 11.3 Å². The summed E-state index contributed by atoms with van der Waals surface area (Å²) in [6.07, 6.45) is -0.107. The van der Waals surface area contributed by atoms with Crippen LogP contribution in [0.15, 0.2) is 42.5 Å². The van der Waals surface area contributed by atoms with Crippen LogP contribution in [-0.2, 0) is 11.2 Å². The molecule has 0 radical (unpaired) electrons. The Morgan fingerprint density at radius 2 is 1.71 bits per heavy atom. The third-order valence-electron chi connectivity index (χ3n) is 3.00. The van der Waals surface area contributed by atoms with E-state index in [2.05, 4.69) is 10.9 Å². The van der Waals surface area contributed by atoms with Crippen molar-refractivity contribution in [3.05, 3.63) is 75.3 Å². The lowest BCUT2D eigenvalue weighted by Crippen LogP contribution is -2.42. The summed E-state index contributed by atoms with van der Waals surface area (Å²) in [5.41, 5.74) is 3.66. The van der Waals surface area contributed by atoms with Crippen LogP contribution < -0.4 is 10.9 Å². The maximum absolute atomic E-state index is 13.2. The number of benzene rings is 2. The number of carbonyl (C=O) groups excluding carboxylic acids is 2. The minimum Gasteiger partial charge on any atom is -0.273 e. The van der Waals surface area contributed by atoms with Gasteiger partial charge in [0.15, 0.2) is 0 Å². The summed E-state index contributed by atoms with van der Waals surface area (Å²) >= 11 is 0. The van der Waals surface area contributed by atoms with Gasteiger partial charge in [-0.3, -0.25) is 30.6 Å². The van der Waals surface area contributed by atoms with Crippen molar-refractivity contribution >= 4 is 17.5 Å². The van der Waals surface area contributed by atoms with E-state index in [9.17, 15) is 28.5 Å². The molecule has 124 valence electrons. The standard InChI is InChI=1S/C15H11F2N3O4/c16-11-4-1-9(2-5-11)7-14(21)18-19-15(22)10-3-6-12(17)13(8-10)20(23)24/h1-6,8H,7H2,(H,18,21)(H,19,22). The molecular formula is C15H11F2N3O4. The highest BCUT2D eigenvalue weighted by atomic mass is 19.1. The van der Waals surface area contributed by atoms with Crippen LogP contribution in [0, 0.1) is 21.7 Å². The Balaban J connectivity index is 1.95. The van der Waals surface area contributed by atoms with Gasteiger partial charge in [-0.1, -0.05) is 12.1 Å². The smallest absolute Gasteiger partial charge is 0.273 e. The summed E-state index contributed by atoms with van der Waals surface area (Å²) in [7, 11) is 0. The second-order valence-corrected chi connectivity index (χ2v) is 4.73. The molecule has 2 aromatic carbocycles. The van der Waals surface area contributed by atoms with Crippen LogP contribution in [0.5, 0.6) is 0 Å². The Morgan fingerprint density at radius 3 is 2.33 bits per heavy atom. The summed E-state index contributed by atoms with van der Waals surface area (Å²) in [4.78, 5) is 33.2. The van der Waals surface area contributed by atoms with Crippen molar-refractivity contribution in [2.45, 2.75) is 6.42 Å². The first-order chi connectivity index (χ1) is 11.4. The van der Waals surface area contributed by atoms with E-state index in [-0.39, 0.29) is 12.0 Å². The molecule has 7 nitrogen and oxygen atoms in total. The SMILES string of the molecule is O=C(Cc1ccc(F)cc1)NNC(=O)c1ccc(F)c([N+](=O)[O-])c1. The van der Waals surface area contributed by atoms with Crippen molar-refractivity contribution in [2.75, 3.05) is 0 Å². The zero-order valence-corrected chi connectivity index (χ0v) is 12.1. The highest BCUT2D eigenvalue weighted by Crippen LogP contribution is 2.18. The zero-order valence-electron chi connectivity index (χ0n) is 12.1. The van der Waals surface area contributed by atoms with E-state index in [1.165, 1.54) is 24.3 Å². The van der Waals surface area contributed by atoms with Gasteiger partial charge in [0.1, 0.15) is 5.82 Å². The highest BCUT2D eigenvalue weighted by Gasteiger charge is 2.17. The monoisotopic (exact) mass is 335 g/mol. The van der Waals surface area contributed by atoms with E-state index in [1.54, 1.807) is 0 Å². The Morgan fingerprint density at radius 1 is 1.04 bits per heavy atom.